The largest absolute Gasteiger partial charge is 0.462 e. The van der Waals surface area contributed by atoms with Crippen molar-refractivity contribution in [3.8, 4) is 0 Å². The molecule has 1 aliphatic heterocycles. The van der Waals surface area contributed by atoms with Gasteiger partial charge in [-0.05, 0) is 38.3 Å². The summed E-state index contributed by atoms with van der Waals surface area (Å²) >= 11 is 0. The van der Waals surface area contributed by atoms with Gasteiger partial charge < -0.3 is 4.74 Å². The van der Waals surface area contributed by atoms with Crippen molar-refractivity contribution in [3.63, 3.8) is 0 Å². The molecule has 0 unspecified atom stereocenters. The van der Waals surface area contributed by atoms with Crippen LogP contribution in [0.15, 0.2) is 72.3 Å². The van der Waals surface area contributed by atoms with Crippen LogP contribution in [0.1, 0.15) is 38.3 Å². The van der Waals surface area contributed by atoms with Gasteiger partial charge in [-0.15, -0.1) is 0 Å². The Kier molecular flexibility index (Phi) is 6.10. The van der Waals surface area contributed by atoms with Gasteiger partial charge in [-0.2, -0.15) is 0 Å². The second-order valence-corrected chi connectivity index (χ2v) is 7.60. The Morgan fingerprint density at radius 1 is 1.07 bits per heavy atom. The maximum absolute atomic E-state index is 12.7. The van der Waals surface area contributed by atoms with Gasteiger partial charge in [0.05, 0.1) is 0 Å². The van der Waals surface area contributed by atoms with Gasteiger partial charge in [0.2, 0.25) is 0 Å². The third-order valence-electron chi connectivity index (χ3n) is 5.32. The van der Waals surface area contributed by atoms with Gasteiger partial charge >= 0.3 is 5.97 Å². The van der Waals surface area contributed by atoms with E-state index in [-0.39, 0.29) is 18.4 Å². The van der Waals surface area contributed by atoms with Gasteiger partial charge in [0.25, 0.3) is 0 Å². The number of morpholine rings is 1. The van der Waals surface area contributed by atoms with Crippen LogP contribution in [-0.4, -0.2) is 24.4 Å². The molecule has 0 bridgehead atoms. The molecule has 1 aliphatic rings. The van der Waals surface area contributed by atoms with Crippen LogP contribution in [0.4, 0.5) is 0 Å². The normalized spacial score (nSPS) is 19.4. The lowest BCUT2D eigenvalue weighted by Gasteiger charge is -2.43. The zero-order valence-electron chi connectivity index (χ0n) is 16.6. The number of cyclic esters (lactones) is 1. The lowest BCUT2D eigenvalue weighted by Crippen LogP contribution is -2.62. The van der Waals surface area contributed by atoms with E-state index >= 15 is 0 Å². The fourth-order valence-corrected chi connectivity index (χ4v) is 3.74. The summed E-state index contributed by atoms with van der Waals surface area (Å²) in [6, 6.07) is 19.2. The van der Waals surface area contributed by atoms with Crippen LogP contribution < -0.4 is 5.32 Å². The molecule has 4 heteroatoms. The predicted molar refractivity (Wildman–Crippen MR) is 110 cm³/mol. The Hall–Kier alpha value is -2.72. The monoisotopic (exact) mass is 377 g/mol. The molecular weight excluding hydrogens is 350 g/mol. The summed E-state index contributed by atoms with van der Waals surface area (Å²) in [6.45, 7) is 5.70. The topological polar surface area (TPSA) is 55.4 Å². The summed E-state index contributed by atoms with van der Waals surface area (Å²) in [7, 11) is 0. The van der Waals surface area contributed by atoms with Crippen LogP contribution in [0, 0.1) is 5.92 Å². The van der Waals surface area contributed by atoms with Crippen LogP contribution in [0.25, 0.3) is 0 Å². The average molecular weight is 377 g/mol. The van der Waals surface area contributed by atoms with Crippen molar-refractivity contribution in [3.05, 3.63) is 83.4 Å². The van der Waals surface area contributed by atoms with E-state index in [1.165, 1.54) is 0 Å². The number of benzene rings is 2. The minimum atomic E-state index is -0.706. The van der Waals surface area contributed by atoms with Gasteiger partial charge in [0, 0.05) is 5.92 Å². The first-order valence-corrected chi connectivity index (χ1v) is 9.63. The smallest absolute Gasteiger partial charge is 0.324 e. The predicted octanol–water partition coefficient (Wildman–Crippen LogP) is 4.01. The van der Waals surface area contributed by atoms with Crippen molar-refractivity contribution in [2.24, 2.45) is 5.92 Å². The lowest BCUT2D eigenvalue weighted by molar-refractivity contribution is -0.158. The number of carbonyl (C=O) groups is 2. The Labute approximate surface area is 166 Å². The SMILES string of the molecule is CC(=O)[C@@H](CC=C(C)C)[C@H]1NC(c2ccccc2)(c2ccccc2)COC1=O. The van der Waals surface area contributed by atoms with E-state index in [1.54, 1.807) is 6.92 Å². The number of carbonyl (C=O) groups excluding carboxylic acids is 2. The van der Waals surface area contributed by atoms with E-state index in [1.807, 2.05) is 80.6 Å². The zero-order chi connectivity index (χ0) is 20.1. The van der Waals surface area contributed by atoms with E-state index in [0.29, 0.717) is 6.42 Å². The molecule has 0 aliphatic carbocycles. The van der Waals surface area contributed by atoms with Gasteiger partial charge in [0.15, 0.2) is 0 Å². The van der Waals surface area contributed by atoms with Crippen LogP contribution in [0.2, 0.25) is 0 Å². The molecule has 0 aromatic heterocycles. The fraction of sp³-hybridized carbons (Fsp3) is 0.333. The Balaban J connectivity index is 2.06. The molecule has 4 nitrogen and oxygen atoms in total. The van der Waals surface area contributed by atoms with E-state index < -0.39 is 17.5 Å². The fourth-order valence-electron chi connectivity index (χ4n) is 3.74. The van der Waals surface area contributed by atoms with Crippen molar-refractivity contribution >= 4 is 11.8 Å². The number of ketones is 1. The molecule has 0 radical (unpaired) electrons. The Bertz CT molecular complexity index is 814. The number of esters is 1. The van der Waals surface area contributed by atoms with Crippen molar-refractivity contribution in [2.45, 2.75) is 38.8 Å². The van der Waals surface area contributed by atoms with Gasteiger partial charge in [-0.3, -0.25) is 14.9 Å². The molecule has 0 amide bonds. The van der Waals surface area contributed by atoms with Crippen LogP contribution >= 0.6 is 0 Å². The Morgan fingerprint density at radius 2 is 1.61 bits per heavy atom. The molecule has 2 atom stereocenters. The molecule has 28 heavy (non-hydrogen) atoms. The minimum absolute atomic E-state index is 0.0242. The third-order valence-corrected chi connectivity index (χ3v) is 5.32. The summed E-state index contributed by atoms with van der Waals surface area (Å²) in [5.74, 6) is -0.872. The second-order valence-electron chi connectivity index (χ2n) is 7.60. The highest BCUT2D eigenvalue weighted by molar-refractivity contribution is 5.88. The van der Waals surface area contributed by atoms with Gasteiger partial charge in [-0.25, -0.2) is 0 Å². The summed E-state index contributed by atoms with van der Waals surface area (Å²) < 4.78 is 5.68. The van der Waals surface area contributed by atoms with Crippen molar-refractivity contribution < 1.29 is 14.3 Å². The van der Waals surface area contributed by atoms with Crippen molar-refractivity contribution in [1.82, 2.24) is 5.32 Å². The highest BCUT2D eigenvalue weighted by atomic mass is 16.5. The van der Waals surface area contributed by atoms with Crippen LogP contribution in [0.5, 0.6) is 0 Å². The molecule has 146 valence electrons. The molecule has 1 fully saturated rings. The first kappa shape index (κ1) is 20.0. The van der Waals surface area contributed by atoms with Gasteiger partial charge in [-0.1, -0.05) is 72.3 Å². The molecule has 2 aromatic carbocycles. The highest BCUT2D eigenvalue weighted by Gasteiger charge is 2.47. The molecule has 1 N–H and O–H groups in total. The first-order chi connectivity index (χ1) is 13.4. The molecule has 3 rings (SSSR count). The standard InChI is InChI=1S/C24H27NO3/c1-17(2)14-15-21(18(3)26)22-23(27)28-16-24(25-22,19-10-6-4-7-11-19)20-12-8-5-9-13-20/h4-14,21-22,25H,15-16H2,1-3H3/t21-,22-/m1/s1. The van der Waals surface area contributed by atoms with Crippen LogP contribution in [0.3, 0.4) is 0 Å². The number of rotatable bonds is 6. The van der Waals surface area contributed by atoms with E-state index in [2.05, 4.69) is 5.32 Å². The molecule has 2 aromatic rings. The third kappa shape index (κ3) is 4.07. The molecule has 1 saturated heterocycles. The maximum Gasteiger partial charge on any atom is 0.324 e. The number of hydrogen-bond donors (Lipinski definition) is 1. The lowest BCUT2D eigenvalue weighted by atomic mass is 9.79. The summed E-state index contributed by atoms with van der Waals surface area (Å²) in [5.41, 5.74) is 2.43. The van der Waals surface area contributed by atoms with Gasteiger partial charge in [0.1, 0.15) is 24.0 Å². The molecule has 0 spiro atoms. The summed E-state index contributed by atoms with van der Waals surface area (Å²) in [4.78, 5) is 25.1. The summed E-state index contributed by atoms with van der Waals surface area (Å²) in [5, 5.41) is 3.53. The van der Waals surface area contributed by atoms with E-state index in [9.17, 15) is 9.59 Å². The zero-order valence-corrected chi connectivity index (χ0v) is 16.6. The maximum atomic E-state index is 12.7. The van der Waals surface area contributed by atoms with E-state index in [0.717, 1.165) is 16.7 Å². The molecular formula is C24H27NO3. The number of ether oxygens (including phenoxy) is 1. The molecule has 1 heterocycles. The number of hydrogen-bond acceptors (Lipinski definition) is 4. The highest BCUT2D eigenvalue weighted by Crippen LogP contribution is 2.35. The van der Waals surface area contributed by atoms with Crippen molar-refractivity contribution in [2.75, 3.05) is 6.61 Å². The number of allylic oxidation sites excluding steroid dienone is 2. The second kappa shape index (κ2) is 8.53. The Morgan fingerprint density at radius 3 is 2.07 bits per heavy atom. The first-order valence-electron chi connectivity index (χ1n) is 9.63. The van der Waals surface area contributed by atoms with Crippen molar-refractivity contribution in [1.29, 1.82) is 0 Å². The summed E-state index contributed by atoms with van der Waals surface area (Å²) in [6.07, 6.45) is 2.51. The quantitative estimate of drug-likeness (QED) is 0.611. The average Bonchev–Trinajstić information content (AvgIpc) is 2.70. The van der Waals surface area contributed by atoms with Crippen LogP contribution in [-0.2, 0) is 19.9 Å². The van der Waals surface area contributed by atoms with E-state index in [4.69, 9.17) is 4.74 Å². The number of Topliss-reactive ketones (excluding diaryl/α,β-unsaturated/α-hetero) is 1. The number of nitrogens with one attached hydrogen (secondary N) is 1. The minimum Gasteiger partial charge on any atom is -0.462 e. The molecule has 0 saturated carbocycles.